The number of ether oxygens (including phenoxy) is 1. The first-order valence-electron chi connectivity index (χ1n) is 5.32. The predicted molar refractivity (Wildman–Crippen MR) is 56.3 cm³/mol. The van der Waals surface area contributed by atoms with E-state index in [9.17, 15) is 0 Å². The van der Waals surface area contributed by atoms with Gasteiger partial charge in [0.25, 0.3) is 0 Å². The minimum absolute atomic E-state index is 0.183. The Bertz CT molecular complexity index is 321. The summed E-state index contributed by atoms with van der Waals surface area (Å²) in [4.78, 5) is 0. The molecule has 2 unspecified atom stereocenters. The lowest BCUT2D eigenvalue weighted by molar-refractivity contribution is 0.0506. The summed E-state index contributed by atoms with van der Waals surface area (Å²) in [5, 5.41) is 11.1. The minimum Gasteiger partial charge on any atom is -0.379 e. The highest BCUT2D eigenvalue weighted by atomic mass is 16.5. The second-order valence-electron chi connectivity index (χ2n) is 4.09. The van der Waals surface area contributed by atoms with Crippen LogP contribution in [0.25, 0.3) is 0 Å². The van der Waals surface area contributed by atoms with Gasteiger partial charge in [-0.25, -0.2) is 0 Å². The SMILES string of the molecule is CNC(c1cnnn1C)C(OC)C1CC1. The molecule has 0 spiro atoms. The number of hydrogen-bond acceptors (Lipinski definition) is 4. The molecule has 0 radical (unpaired) electrons. The molecule has 2 rings (SSSR count). The van der Waals surface area contributed by atoms with Gasteiger partial charge < -0.3 is 10.1 Å². The molecule has 1 heterocycles. The van der Waals surface area contributed by atoms with Crippen molar-refractivity contribution in [2.24, 2.45) is 13.0 Å². The molecule has 1 aliphatic rings. The molecule has 0 aliphatic heterocycles. The molecular formula is C10H18N4O. The van der Waals surface area contributed by atoms with Crippen molar-refractivity contribution in [2.75, 3.05) is 14.2 Å². The molecule has 0 aromatic carbocycles. The zero-order chi connectivity index (χ0) is 10.8. The van der Waals surface area contributed by atoms with Crippen molar-refractivity contribution in [3.8, 4) is 0 Å². The van der Waals surface area contributed by atoms with Gasteiger partial charge in [-0.15, -0.1) is 5.10 Å². The van der Waals surface area contributed by atoms with Crippen LogP contribution in [-0.2, 0) is 11.8 Å². The number of hydrogen-bond donors (Lipinski definition) is 1. The van der Waals surface area contributed by atoms with Gasteiger partial charge in [-0.3, -0.25) is 4.68 Å². The molecule has 1 fully saturated rings. The van der Waals surface area contributed by atoms with Crippen LogP contribution in [0.3, 0.4) is 0 Å². The molecule has 0 saturated heterocycles. The third-order valence-electron chi connectivity index (χ3n) is 3.07. The van der Waals surface area contributed by atoms with E-state index in [2.05, 4.69) is 15.6 Å². The third-order valence-corrected chi connectivity index (χ3v) is 3.07. The number of aromatic nitrogens is 3. The lowest BCUT2D eigenvalue weighted by Crippen LogP contribution is -2.34. The van der Waals surface area contributed by atoms with E-state index in [1.807, 2.05) is 14.1 Å². The fourth-order valence-electron chi connectivity index (χ4n) is 2.09. The molecule has 5 heteroatoms. The van der Waals surface area contributed by atoms with Crippen LogP contribution in [0.4, 0.5) is 0 Å². The van der Waals surface area contributed by atoms with Crippen molar-refractivity contribution in [2.45, 2.75) is 25.0 Å². The lowest BCUT2D eigenvalue weighted by atomic mass is 10.0. The van der Waals surface area contributed by atoms with Crippen molar-refractivity contribution >= 4 is 0 Å². The Kier molecular flexibility index (Phi) is 3.02. The Labute approximate surface area is 89.8 Å². The maximum absolute atomic E-state index is 5.57. The molecule has 1 saturated carbocycles. The molecule has 1 N–H and O–H groups in total. The smallest absolute Gasteiger partial charge is 0.0809 e. The van der Waals surface area contributed by atoms with Crippen molar-refractivity contribution < 1.29 is 4.74 Å². The van der Waals surface area contributed by atoms with Gasteiger partial charge in [0, 0.05) is 14.2 Å². The average Bonchev–Trinajstić information content (AvgIpc) is 2.99. The van der Waals surface area contributed by atoms with Gasteiger partial charge in [-0.2, -0.15) is 0 Å². The third kappa shape index (κ3) is 2.03. The number of nitrogens with one attached hydrogen (secondary N) is 1. The Morgan fingerprint density at radius 2 is 2.33 bits per heavy atom. The summed E-state index contributed by atoms with van der Waals surface area (Å²) in [6.45, 7) is 0. The van der Waals surface area contributed by atoms with E-state index in [-0.39, 0.29) is 12.1 Å². The highest BCUT2D eigenvalue weighted by Gasteiger charge is 2.38. The minimum atomic E-state index is 0.183. The Morgan fingerprint density at radius 3 is 2.73 bits per heavy atom. The topological polar surface area (TPSA) is 52.0 Å². The summed E-state index contributed by atoms with van der Waals surface area (Å²) in [6, 6.07) is 0.183. The highest BCUT2D eigenvalue weighted by Crippen LogP contribution is 2.39. The van der Waals surface area contributed by atoms with Crippen LogP contribution >= 0.6 is 0 Å². The normalized spacial score (nSPS) is 20.2. The van der Waals surface area contributed by atoms with Crippen molar-refractivity contribution in [1.29, 1.82) is 0 Å². The Balaban J connectivity index is 2.18. The number of nitrogens with zero attached hydrogens (tertiary/aromatic N) is 3. The molecule has 5 nitrogen and oxygen atoms in total. The largest absolute Gasteiger partial charge is 0.379 e. The van der Waals surface area contributed by atoms with Crippen LogP contribution in [0.2, 0.25) is 0 Å². The second-order valence-corrected chi connectivity index (χ2v) is 4.09. The summed E-state index contributed by atoms with van der Waals surface area (Å²) in [7, 11) is 5.63. The van der Waals surface area contributed by atoms with E-state index in [0.29, 0.717) is 5.92 Å². The fourth-order valence-corrected chi connectivity index (χ4v) is 2.09. The predicted octanol–water partition coefficient (Wildman–Crippen LogP) is 0.501. The summed E-state index contributed by atoms with van der Waals surface area (Å²) in [6.07, 6.45) is 4.56. The van der Waals surface area contributed by atoms with Crippen molar-refractivity contribution in [3.63, 3.8) is 0 Å². The van der Waals surface area contributed by atoms with E-state index in [4.69, 9.17) is 4.74 Å². The highest BCUT2D eigenvalue weighted by molar-refractivity contribution is 5.07. The average molecular weight is 210 g/mol. The molecule has 84 valence electrons. The van der Waals surface area contributed by atoms with Gasteiger partial charge in [-0.1, -0.05) is 5.21 Å². The van der Waals surface area contributed by atoms with Crippen LogP contribution in [0.15, 0.2) is 6.20 Å². The second kappa shape index (κ2) is 4.28. The number of rotatable bonds is 5. The summed E-state index contributed by atoms with van der Waals surface area (Å²) >= 11 is 0. The zero-order valence-electron chi connectivity index (χ0n) is 9.47. The maximum Gasteiger partial charge on any atom is 0.0809 e. The first kappa shape index (κ1) is 10.6. The molecule has 0 amide bonds. The number of aryl methyl sites for hydroxylation is 1. The molecule has 0 bridgehead atoms. The fraction of sp³-hybridized carbons (Fsp3) is 0.800. The van der Waals surface area contributed by atoms with Crippen molar-refractivity contribution in [1.82, 2.24) is 20.3 Å². The molecule has 1 aliphatic carbocycles. The van der Waals surface area contributed by atoms with Gasteiger partial charge in [0.15, 0.2) is 0 Å². The van der Waals surface area contributed by atoms with Gasteiger partial charge in [-0.05, 0) is 25.8 Å². The van der Waals surface area contributed by atoms with Gasteiger partial charge in [0.05, 0.1) is 24.0 Å². The summed E-state index contributed by atoms with van der Waals surface area (Å²) in [5.41, 5.74) is 1.08. The molecular weight excluding hydrogens is 192 g/mol. The van der Waals surface area contributed by atoms with E-state index >= 15 is 0 Å². The number of methoxy groups -OCH3 is 1. The lowest BCUT2D eigenvalue weighted by Gasteiger charge is -2.25. The van der Waals surface area contributed by atoms with Gasteiger partial charge in [0.1, 0.15) is 0 Å². The molecule has 1 aromatic rings. The van der Waals surface area contributed by atoms with Gasteiger partial charge in [0.2, 0.25) is 0 Å². The first-order chi connectivity index (χ1) is 7.27. The van der Waals surface area contributed by atoms with E-state index in [0.717, 1.165) is 5.69 Å². The van der Waals surface area contributed by atoms with E-state index < -0.39 is 0 Å². The zero-order valence-corrected chi connectivity index (χ0v) is 9.47. The van der Waals surface area contributed by atoms with Crippen LogP contribution in [0.1, 0.15) is 24.6 Å². The monoisotopic (exact) mass is 210 g/mol. The summed E-state index contributed by atoms with van der Waals surface area (Å²) in [5.74, 6) is 0.683. The van der Waals surface area contributed by atoms with E-state index in [1.54, 1.807) is 18.0 Å². The van der Waals surface area contributed by atoms with E-state index in [1.165, 1.54) is 12.8 Å². The van der Waals surface area contributed by atoms with Crippen LogP contribution in [0.5, 0.6) is 0 Å². The van der Waals surface area contributed by atoms with Gasteiger partial charge >= 0.3 is 0 Å². The van der Waals surface area contributed by atoms with Crippen LogP contribution in [0, 0.1) is 5.92 Å². The Hall–Kier alpha value is -0.940. The molecule has 1 aromatic heterocycles. The van der Waals surface area contributed by atoms with Crippen LogP contribution < -0.4 is 5.32 Å². The molecule has 2 atom stereocenters. The standard InChI is InChI=1S/C10H18N4O/c1-11-9(8-6-12-13-14(8)2)10(15-3)7-4-5-7/h6-7,9-11H,4-5H2,1-3H3. The van der Waals surface area contributed by atoms with Crippen LogP contribution in [-0.4, -0.2) is 35.3 Å². The maximum atomic E-state index is 5.57. The quantitative estimate of drug-likeness (QED) is 0.769. The van der Waals surface area contributed by atoms with Crippen molar-refractivity contribution in [3.05, 3.63) is 11.9 Å². The number of likely N-dealkylation sites (N-methyl/N-ethyl adjacent to an activating group) is 1. The Morgan fingerprint density at radius 1 is 1.60 bits per heavy atom. The first-order valence-corrected chi connectivity index (χ1v) is 5.32. The molecule has 15 heavy (non-hydrogen) atoms. The summed E-state index contributed by atoms with van der Waals surface area (Å²) < 4.78 is 7.38.